The molecule has 0 aliphatic carbocycles. The van der Waals surface area contributed by atoms with Crippen molar-refractivity contribution in [2.75, 3.05) is 69.8 Å². The molecular formula is C37H36ClFN8O2. The maximum absolute atomic E-state index is 14.0. The lowest BCUT2D eigenvalue weighted by atomic mass is 9.85. The molecule has 0 spiro atoms. The molecule has 7 rings (SSSR count). The van der Waals surface area contributed by atoms with Crippen LogP contribution in [0.15, 0.2) is 54.9 Å². The molecule has 49 heavy (non-hydrogen) atoms. The number of nitriles is 1. The number of rotatable bonds is 7. The molecule has 2 saturated heterocycles. The second-order valence-corrected chi connectivity index (χ2v) is 13.6. The highest BCUT2D eigenvalue weighted by Gasteiger charge is 2.46. The molecule has 4 aromatic rings. The van der Waals surface area contributed by atoms with E-state index in [4.69, 9.17) is 32.9 Å². The van der Waals surface area contributed by atoms with E-state index in [0.717, 1.165) is 51.4 Å². The zero-order valence-electron chi connectivity index (χ0n) is 27.5. The van der Waals surface area contributed by atoms with Crippen molar-refractivity contribution in [3.8, 4) is 22.9 Å². The van der Waals surface area contributed by atoms with Crippen LogP contribution in [0.3, 0.4) is 0 Å². The molecule has 1 atom stereocenters. The minimum atomic E-state index is -1.04. The van der Waals surface area contributed by atoms with E-state index in [-0.39, 0.29) is 25.2 Å². The van der Waals surface area contributed by atoms with Gasteiger partial charge in [-0.25, -0.2) is 15.9 Å². The smallest absolute Gasteiger partial charge is 0.282 e. The van der Waals surface area contributed by atoms with Crippen molar-refractivity contribution >= 4 is 50.9 Å². The molecule has 12 heteroatoms. The van der Waals surface area contributed by atoms with Gasteiger partial charge in [0.2, 0.25) is 12.5 Å². The van der Waals surface area contributed by atoms with Crippen LogP contribution >= 0.6 is 11.6 Å². The Labute approximate surface area is 289 Å². The number of likely N-dealkylation sites (N-methyl/N-ethyl adjacent to an activating group) is 1. The van der Waals surface area contributed by atoms with Gasteiger partial charge in [0.15, 0.2) is 5.83 Å². The SMILES string of the molecule is [C-]#[N+]C[C@H]1CN(c2nc(N3CC(CC#N)(N(C)C)C3)nc3cc(-c4cccc5cccc(Cl)c45)c4c(c23)OCCC4)CCN1C(=O)C(=C)F. The molecule has 0 bridgehead atoms. The van der Waals surface area contributed by atoms with E-state index in [9.17, 15) is 14.4 Å². The number of amides is 1. The van der Waals surface area contributed by atoms with Crippen LogP contribution in [0.25, 0.3) is 37.6 Å². The summed E-state index contributed by atoms with van der Waals surface area (Å²) in [5.41, 5.74) is 3.41. The lowest BCUT2D eigenvalue weighted by Crippen LogP contribution is -2.69. The van der Waals surface area contributed by atoms with Crippen LogP contribution in [-0.2, 0) is 11.2 Å². The molecule has 0 saturated carbocycles. The zero-order chi connectivity index (χ0) is 34.4. The van der Waals surface area contributed by atoms with Gasteiger partial charge in [0.25, 0.3) is 5.91 Å². The first-order valence-corrected chi connectivity index (χ1v) is 16.7. The normalized spacial score (nSPS) is 18.4. The summed E-state index contributed by atoms with van der Waals surface area (Å²) >= 11 is 6.83. The Morgan fingerprint density at radius 1 is 1.18 bits per heavy atom. The van der Waals surface area contributed by atoms with Crippen LogP contribution in [0.2, 0.25) is 5.02 Å². The largest absolute Gasteiger partial charge is 0.492 e. The summed E-state index contributed by atoms with van der Waals surface area (Å²) in [5, 5.41) is 13.0. The summed E-state index contributed by atoms with van der Waals surface area (Å²) in [5.74, 6) is 0.0508. The predicted molar refractivity (Wildman–Crippen MR) is 190 cm³/mol. The van der Waals surface area contributed by atoms with Crippen molar-refractivity contribution in [2.24, 2.45) is 0 Å². The Morgan fingerprint density at radius 3 is 2.67 bits per heavy atom. The maximum Gasteiger partial charge on any atom is 0.282 e. The lowest BCUT2D eigenvalue weighted by molar-refractivity contribution is -0.131. The third-order valence-electron chi connectivity index (χ3n) is 10.2. The molecule has 4 heterocycles. The van der Waals surface area contributed by atoms with E-state index in [1.54, 1.807) is 0 Å². The second kappa shape index (κ2) is 12.8. The van der Waals surface area contributed by atoms with Gasteiger partial charge < -0.3 is 24.3 Å². The molecule has 3 aliphatic heterocycles. The number of halogens is 2. The third kappa shape index (κ3) is 5.57. The quantitative estimate of drug-likeness (QED) is 0.177. The Balaban J connectivity index is 1.42. The Hall–Kier alpha value is -4.97. The van der Waals surface area contributed by atoms with Crippen molar-refractivity contribution in [2.45, 2.75) is 30.8 Å². The third-order valence-corrected chi connectivity index (χ3v) is 10.5. The molecule has 250 valence electrons. The molecule has 2 fully saturated rings. The van der Waals surface area contributed by atoms with Crippen LogP contribution in [0, 0.1) is 17.9 Å². The van der Waals surface area contributed by atoms with Crippen LogP contribution in [0.5, 0.6) is 5.75 Å². The van der Waals surface area contributed by atoms with E-state index in [2.05, 4.69) is 56.5 Å². The Kier molecular flexibility index (Phi) is 8.52. The van der Waals surface area contributed by atoms with Crippen molar-refractivity contribution in [3.05, 3.63) is 76.9 Å². The van der Waals surface area contributed by atoms with Gasteiger partial charge in [-0.2, -0.15) is 10.2 Å². The number of aromatic nitrogens is 2. The Morgan fingerprint density at radius 2 is 1.96 bits per heavy atom. The van der Waals surface area contributed by atoms with Crippen LogP contribution < -0.4 is 14.5 Å². The van der Waals surface area contributed by atoms with Gasteiger partial charge in [-0.05, 0) is 55.6 Å². The molecule has 0 N–H and O–H groups in total. The minimum absolute atomic E-state index is 0.0115. The van der Waals surface area contributed by atoms with Gasteiger partial charge in [-0.1, -0.05) is 48.5 Å². The first kappa shape index (κ1) is 32.6. The van der Waals surface area contributed by atoms with E-state index in [1.807, 2.05) is 32.3 Å². The number of fused-ring (bicyclic) bond motifs is 4. The monoisotopic (exact) mass is 678 g/mol. The van der Waals surface area contributed by atoms with E-state index < -0.39 is 17.8 Å². The summed E-state index contributed by atoms with van der Waals surface area (Å²) in [6.07, 6.45) is 2.01. The van der Waals surface area contributed by atoms with Gasteiger partial charge in [-0.3, -0.25) is 9.69 Å². The number of hydrogen-bond acceptors (Lipinski definition) is 8. The van der Waals surface area contributed by atoms with Gasteiger partial charge in [-0.15, -0.1) is 0 Å². The molecule has 1 amide bonds. The van der Waals surface area contributed by atoms with Gasteiger partial charge in [0, 0.05) is 48.7 Å². The maximum atomic E-state index is 14.0. The lowest BCUT2D eigenvalue weighted by Gasteiger charge is -2.53. The molecular weight excluding hydrogens is 643 g/mol. The summed E-state index contributed by atoms with van der Waals surface area (Å²) in [6.45, 7) is 13.3. The number of carbonyl (C=O) groups excluding carboxylic acids is 1. The fourth-order valence-electron chi connectivity index (χ4n) is 7.47. The minimum Gasteiger partial charge on any atom is -0.492 e. The molecule has 3 aromatic carbocycles. The van der Waals surface area contributed by atoms with Crippen molar-refractivity contribution in [3.63, 3.8) is 0 Å². The van der Waals surface area contributed by atoms with Gasteiger partial charge >= 0.3 is 0 Å². The molecule has 10 nitrogen and oxygen atoms in total. The van der Waals surface area contributed by atoms with Crippen LogP contribution in [0.1, 0.15) is 18.4 Å². The highest BCUT2D eigenvalue weighted by molar-refractivity contribution is 6.36. The zero-order valence-corrected chi connectivity index (χ0v) is 28.3. The van der Waals surface area contributed by atoms with E-state index >= 15 is 0 Å². The van der Waals surface area contributed by atoms with Gasteiger partial charge in [0.05, 0.1) is 35.5 Å². The number of ether oxygens (including phenoxy) is 1. The Bertz CT molecular complexity index is 2080. The fraction of sp³-hybridized carbons (Fsp3) is 0.378. The number of anilines is 2. The fourth-order valence-corrected chi connectivity index (χ4v) is 7.76. The highest BCUT2D eigenvalue weighted by atomic mass is 35.5. The average Bonchev–Trinajstić information content (AvgIpc) is 3.08. The standard InChI is InChI=1S/C37H36ClFN8O2/c1-23(39)35(48)47-16-15-45(20-25(47)19-41-2)34-32-30(42-36(43-34)46-21-37(22-46,13-14-40)44(3)4)18-28(27-11-7-17-49-33(27)32)26-10-5-8-24-9-6-12-29(38)31(24)26/h5-6,8-10,12,18,25H,1,7,11,13,15-17,19-22H2,3-4H3/t25-/m0/s1. The molecule has 0 unspecified atom stereocenters. The second-order valence-electron chi connectivity index (χ2n) is 13.2. The summed E-state index contributed by atoms with van der Waals surface area (Å²) in [7, 11) is 3.97. The van der Waals surface area contributed by atoms with E-state index in [1.165, 1.54) is 4.90 Å². The van der Waals surface area contributed by atoms with Crippen LogP contribution in [0.4, 0.5) is 16.2 Å². The number of hydrogen-bond donors (Lipinski definition) is 0. The summed E-state index contributed by atoms with van der Waals surface area (Å²) in [4.78, 5) is 34.3. The summed E-state index contributed by atoms with van der Waals surface area (Å²) in [6, 6.07) is 16.0. The topological polar surface area (TPSA) is 93.2 Å². The first-order chi connectivity index (χ1) is 23.7. The predicted octanol–water partition coefficient (Wildman–Crippen LogP) is 5.88. The number of carbonyl (C=O) groups is 1. The van der Waals surface area contributed by atoms with Crippen LogP contribution in [-0.4, -0.2) is 97.2 Å². The summed E-state index contributed by atoms with van der Waals surface area (Å²) < 4.78 is 20.5. The molecule has 0 radical (unpaired) electrons. The number of benzene rings is 3. The van der Waals surface area contributed by atoms with Crippen molar-refractivity contribution < 1.29 is 13.9 Å². The first-order valence-electron chi connectivity index (χ1n) is 16.4. The van der Waals surface area contributed by atoms with Crippen molar-refractivity contribution in [1.29, 1.82) is 5.26 Å². The van der Waals surface area contributed by atoms with E-state index in [0.29, 0.717) is 55.0 Å². The van der Waals surface area contributed by atoms with Crippen molar-refractivity contribution in [1.82, 2.24) is 19.8 Å². The number of piperazine rings is 1. The molecule has 3 aliphatic rings. The number of nitrogens with zero attached hydrogens (tertiary/aromatic N) is 8. The van der Waals surface area contributed by atoms with Gasteiger partial charge in [0.1, 0.15) is 17.6 Å². The average molecular weight is 679 g/mol. The highest BCUT2D eigenvalue weighted by Crippen LogP contribution is 2.47. The molecule has 1 aromatic heterocycles.